The molecule has 0 saturated carbocycles. The molecule has 0 aliphatic carbocycles. The van der Waals surface area contributed by atoms with Crippen molar-refractivity contribution in [1.29, 1.82) is 0 Å². The van der Waals surface area contributed by atoms with Crippen molar-refractivity contribution in [3.05, 3.63) is 29.8 Å². The van der Waals surface area contributed by atoms with Crippen molar-refractivity contribution < 1.29 is 33.8 Å². The average molecular weight is 456 g/mol. The number of benzene rings is 1. The van der Waals surface area contributed by atoms with Crippen molar-refractivity contribution in [3.63, 3.8) is 0 Å². The van der Waals surface area contributed by atoms with Crippen LogP contribution in [0.5, 0.6) is 5.75 Å². The van der Waals surface area contributed by atoms with Crippen LogP contribution >= 0.6 is 12.6 Å². The van der Waals surface area contributed by atoms with E-state index in [2.05, 4.69) is 28.0 Å². The highest BCUT2D eigenvalue weighted by Crippen LogP contribution is 2.23. The molecule has 1 rings (SSSR count). The van der Waals surface area contributed by atoms with Gasteiger partial charge in [0.05, 0.1) is 7.11 Å². The number of thiol groups is 1. The van der Waals surface area contributed by atoms with Crippen molar-refractivity contribution in [1.82, 2.24) is 15.5 Å². The van der Waals surface area contributed by atoms with Gasteiger partial charge in [0.15, 0.2) is 0 Å². The highest BCUT2D eigenvalue weighted by atomic mass is 32.1. The molecule has 0 aromatic heterocycles. The largest absolute Gasteiger partial charge is 0.508 e. The third-order valence-electron chi connectivity index (χ3n) is 4.00. The summed E-state index contributed by atoms with van der Waals surface area (Å²) in [6.45, 7) is 4.66. The smallest absolute Gasteiger partial charge is 0.408 e. The van der Waals surface area contributed by atoms with Crippen LogP contribution < -0.4 is 10.6 Å². The number of esters is 1. The second kappa shape index (κ2) is 11.4. The number of hydrogen-bond acceptors (Lipinski definition) is 8. The molecule has 0 saturated heterocycles. The summed E-state index contributed by atoms with van der Waals surface area (Å²) < 4.78 is 9.68. The van der Waals surface area contributed by atoms with E-state index in [0.717, 1.165) is 4.90 Å². The van der Waals surface area contributed by atoms with Crippen LogP contribution in [0.3, 0.4) is 0 Å². The number of nitrogens with one attached hydrogen (secondary N) is 2. The van der Waals surface area contributed by atoms with Gasteiger partial charge < -0.3 is 30.1 Å². The van der Waals surface area contributed by atoms with Crippen LogP contribution in [0.15, 0.2) is 24.3 Å². The van der Waals surface area contributed by atoms with Gasteiger partial charge in [0.25, 0.3) is 0 Å². The number of carbonyl (C=O) groups excluding carboxylic acids is 4. The average Bonchev–Trinajstić information content (AvgIpc) is 2.69. The minimum absolute atomic E-state index is 0.0220. The third kappa shape index (κ3) is 8.36. The Kier molecular flexibility index (Phi) is 9.63. The summed E-state index contributed by atoms with van der Waals surface area (Å²) in [5, 5.41) is 14.4. The molecule has 2 atom stereocenters. The summed E-state index contributed by atoms with van der Waals surface area (Å²) in [5.74, 6) is -1.98. The number of alkyl carbamates (subject to hydrolysis) is 1. The van der Waals surface area contributed by atoms with Gasteiger partial charge >= 0.3 is 12.1 Å². The van der Waals surface area contributed by atoms with Crippen molar-refractivity contribution in [3.8, 4) is 5.75 Å². The van der Waals surface area contributed by atoms with Crippen LogP contribution in [0.2, 0.25) is 0 Å². The van der Waals surface area contributed by atoms with Crippen LogP contribution in [0.4, 0.5) is 4.79 Å². The molecule has 31 heavy (non-hydrogen) atoms. The number of amides is 3. The lowest BCUT2D eigenvalue weighted by Crippen LogP contribution is -2.52. The normalized spacial score (nSPS) is 12.8. The van der Waals surface area contributed by atoms with Gasteiger partial charge in [0, 0.05) is 12.8 Å². The van der Waals surface area contributed by atoms with Crippen LogP contribution in [-0.2, 0) is 23.9 Å². The monoisotopic (exact) mass is 455 g/mol. The number of carbonyl (C=O) groups is 4. The van der Waals surface area contributed by atoms with Gasteiger partial charge in [-0.25, -0.2) is 4.79 Å². The van der Waals surface area contributed by atoms with E-state index in [4.69, 9.17) is 4.74 Å². The lowest BCUT2D eigenvalue weighted by Gasteiger charge is -2.31. The van der Waals surface area contributed by atoms with Crippen LogP contribution in [-0.4, -0.2) is 72.0 Å². The molecule has 0 radical (unpaired) electrons. The summed E-state index contributed by atoms with van der Waals surface area (Å²) in [4.78, 5) is 50.4. The Balaban J connectivity index is 3.10. The van der Waals surface area contributed by atoms with Crippen LogP contribution in [0, 0.1) is 0 Å². The zero-order valence-electron chi connectivity index (χ0n) is 18.2. The molecule has 172 valence electrons. The summed E-state index contributed by atoms with van der Waals surface area (Å²) in [7, 11) is 2.56. The van der Waals surface area contributed by atoms with E-state index in [1.54, 1.807) is 20.8 Å². The van der Waals surface area contributed by atoms with E-state index in [9.17, 15) is 24.3 Å². The first kappa shape index (κ1) is 26.1. The Morgan fingerprint density at radius 3 is 2.23 bits per heavy atom. The van der Waals surface area contributed by atoms with E-state index >= 15 is 0 Å². The fourth-order valence-electron chi connectivity index (χ4n) is 2.54. The Bertz CT molecular complexity index is 793. The van der Waals surface area contributed by atoms with Crippen molar-refractivity contribution >= 4 is 36.5 Å². The number of nitrogens with zero attached hydrogens (tertiary/aromatic N) is 1. The molecule has 10 nitrogen and oxygen atoms in total. The molecule has 1 aromatic rings. The predicted octanol–water partition coefficient (Wildman–Crippen LogP) is 1.00. The molecule has 0 fully saturated rings. The first-order valence-electron chi connectivity index (χ1n) is 9.40. The maximum Gasteiger partial charge on any atom is 0.408 e. The molecule has 0 heterocycles. The van der Waals surface area contributed by atoms with E-state index < -0.39 is 48.1 Å². The lowest BCUT2D eigenvalue weighted by atomic mass is 10.0. The standard InChI is InChI=1S/C20H29N3O7S/c1-20(2,3)30-19(28)22-14(11-31)18(27)23(4)16(12-6-8-13(24)9-7-12)17(26)21-10-15(25)29-5/h6-9,14,16,24,31H,10-11H2,1-5H3,(H,21,26)(H,22,28). The number of phenolic OH excluding ortho intramolecular Hbond substituents is 1. The van der Waals surface area contributed by atoms with Gasteiger partial charge in [-0.05, 0) is 38.5 Å². The van der Waals surface area contributed by atoms with E-state index in [0.29, 0.717) is 5.56 Å². The molecule has 3 N–H and O–H groups in total. The minimum Gasteiger partial charge on any atom is -0.508 e. The first-order valence-corrected chi connectivity index (χ1v) is 10.0. The van der Waals surface area contributed by atoms with Gasteiger partial charge in [-0.1, -0.05) is 12.1 Å². The van der Waals surface area contributed by atoms with Crippen LogP contribution in [0.1, 0.15) is 32.4 Å². The van der Waals surface area contributed by atoms with Gasteiger partial charge in [0.2, 0.25) is 11.8 Å². The van der Waals surface area contributed by atoms with Crippen molar-refractivity contribution in [2.75, 3.05) is 26.5 Å². The summed E-state index contributed by atoms with van der Waals surface area (Å²) in [6.07, 6.45) is -0.801. The van der Waals surface area contributed by atoms with Gasteiger partial charge in [-0.3, -0.25) is 14.4 Å². The molecule has 0 aliphatic rings. The number of ether oxygens (including phenoxy) is 2. The van der Waals surface area contributed by atoms with Crippen molar-refractivity contribution in [2.24, 2.45) is 0 Å². The van der Waals surface area contributed by atoms with Gasteiger partial charge in [-0.2, -0.15) is 12.6 Å². The Morgan fingerprint density at radius 1 is 1.16 bits per heavy atom. The molecule has 1 aromatic carbocycles. The summed E-state index contributed by atoms with van der Waals surface area (Å²) in [5.41, 5.74) is -0.381. The zero-order chi connectivity index (χ0) is 23.8. The Morgan fingerprint density at radius 2 is 1.74 bits per heavy atom. The quantitative estimate of drug-likeness (QED) is 0.339. The predicted molar refractivity (Wildman–Crippen MR) is 116 cm³/mol. The second-order valence-electron chi connectivity index (χ2n) is 7.62. The van der Waals surface area contributed by atoms with Gasteiger partial charge in [0.1, 0.15) is 30.0 Å². The Labute approximate surface area is 186 Å². The molecular weight excluding hydrogens is 426 g/mol. The maximum absolute atomic E-state index is 13.0. The molecule has 0 bridgehead atoms. The number of hydrogen-bond donors (Lipinski definition) is 4. The highest BCUT2D eigenvalue weighted by Gasteiger charge is 2.33. The third-order valence-corrected chi connectivity index (χ3v) is 4.36. The number of likely N-dealkylation sites (N-methyl/N-ethyl adjacent to an activating group) is 1. The minimum atomic E-state index is -1.15. The summed E-state index contributed by atoms with van der Waals surface area (Å²) >= 11 is 4.12. The topological polar surface area (TPSA) is 134 Å². The number of phenols is 1. The number of rotatable bonds is 8. The van der Waals surface area contributed by atoms with E-state index in [1.165, 1.54) is 38.4 Å². The Hall–Kier alpha value is -2.95. The molecule has 11 heteroatoms. The second-order valence-corrected chi connectivity index (χ2v) is 7.98. The van der Waals surface area contributed by atoms with Crippen molar-refractivity contribution in [2.45, 2.75) is 38.5 Å². The first-order chi connectivity index (χ1) is 14.4. The molecule has 2 unspecified atom stereocenters. The summed E-state index contributed by atoms with van der Waals surface area (Å²) in [6, 6.07) is 3.44. The molecule has 0 aliphatic heterocycles. The lowest BCUT2D eigenvalue weighted by molar-refractivity contribution is -0.143. The molecule has 3 amide bonds. The zero-order valence-corrected chi connectivity index (χ0v) is 19.1. The fourth-order valence-corrected chi connectivity index (χ4v) is 2.79. The van der Waals surface area contributed by atoms with Crippen LogP contribution in [0.25, 0.3) is 0 Å². The van der Waals surface area contributed by atoms with E-state index in [-0.39, 0.29) is 11.5 Å². The molecule has 0 spiro atoms. The number of aromatic hydroxyl groups is 1. The maximum atomic E-state index is 13.0. The highest BCUT2D eigenvalue weighted by molar-refractivity contribution is 7.80. The number of methoxy groups -OCH3 is 1. The molecular formula is C20H29N3O7S. The fraction of sp³-hybridized carbons (Fsp3) is 0.500. The van der Waals surface area contributed by atoms with E-state index in [1.807, 2.05) is 0 Å². The SMILES string of the molecule is COC(=O)CNC(=O)C(c1ccc(O)cc1)N(C)C(=O)C(CS)NC(=O)OC(C)(C)C. The van der Waals surface area contributed by atoms with Gasteiger partial charge in [-0.15, -0.1) is 0 Å².